The molecule has 0 aromatic heterocycles. The monoisotopic (exact) mass is 1910 g/mol. The molecular weight excluding hydrogens is 1680 g/mol. The second kappa shape index (κ2) is 62.6. The van der Waals surface area contributed by atoms with Crippen molar-refractivity contribution >= 4 is 0 Å². The van der Waals surface area contributed by atoms with E-state index in [9.17, 15) is 0 Å². The summed E-state index contributed by atoms with van der Waals surface area (Å²) in [5.74, 6) is 29.2. The van der Waals surface area contributed by atoms with Gasteiger partial charge in [0.2, 0.25) is 0 Å². The van der Waals surface area contributed by atoms with Crippen molar-refractivity contribution in [2.45, 2.75) is 510 Å². The highest BCUT2D eigenvalue weighted by molar-refractivity contribution is 5.65. The molecule has 0 aliphatic heterocycles. The van der Waals surface area contributed by atoms with Gasteiger partial charge in [0, 0.05) is 0 Å². The molecule has 0 unspecified atom stereocenters. The molecule has 0 N–H and O–H groups in total. The Morgan fingerprint density at radius 1 is 0.107 bits per heavy atom. The van der Waals surface area contributed by atoms with Crippen LogP contribution in [0.25, 0.3) is 22.3 Å². The molecule has 0 bridgehead atoms. The van der Waals surface area contributed by atoms with Gasteiger partial charge in [-0.05, 0) is 420 Å². The molecule has 0 saturated heterocycles. The van der Waals surface area contributed by atoms with Crippen LogP contribution in [0.4, 0.5) is 0 Å². The quantitative estimate of drug-likeness (QED) is 0.128. The number of benzene rings is 6. The number of aryl methyl sites for hydroxylation is 6. The molecule has 784 valence electrons. The van der Waals surface area contributed by atoms with E-state index in [-0.39, 0.29) is 0 Å². The van der Waals surface area contributed by atoms with Crippen LogP contribution in [0.15, 0.2) is 146 Å². The molecule has 140 heavy (non-hydrogen) atoms. The maximum absolute atomic E-state index is 2.43. The number of hydrogen-bond acceptors (Lipinski definition) is 0. The Bertz CT molecular complexity index is 3390. The highest BCUT2D eigenvalue weighted by Gasteiger charge is 2.36. The molecule has 14 aliphatic carbocycles. The third-order valence-corrected chi connectivity index (χ3v) is 40.7. The van der Waals surface area contributed by atoms with Gasteiger partial charge in [-0.15, -0.1) is 0 Å². The van der Waals surface area contributed by atoms with Gasteiger partial charge in [-0.3, -0.25) is 0 Å². The van der Waals surface area contributed by atoms with Crippen LogP contribution in [0.5, 0.6) is 0 Å². The van der Waals surface area contributed by atoms with Gasteiger partial charge in [-0.25, -0.2) is 0 Å². The van der Waals surface area contributed by atoms with Crippen LogP contribution >= 0.6 is 0 Å². The number of rotatable bonds is 10. The van der Waals surface area contributed by atoms with Gasteiger partial charge in [0.25, 0.3) is 0 Å². The third kappa shape index (κ3) is 42.2. The summed E-state index contributed by atoms with van der Waals surface area (Å²) >= 11 is 0. The summed E-state index contributed by atoms with van der Waals surface area (Å²) < 4.78 is 0. The van der Waals surface area contributed by atoms with E-state index < -0.39 is 0 Å². The van der Waals surface area contributed by atoms with Gasteiger partial charge in [0.15, 0.2) is 0 Å². The van der Waals surface area contributed by atoms with Crippen molar-refractivity contribution in [1.29, 1.82) is 0 Å². The van der Waals surface area contributed by atoms with Crippen LogP contribution in [0, 0.1) is 195 Å². The summed E-state index contributed by atoms with van der Waals surface area (Å²) in [6.45, 7) is 46.7. The standard InChI is InChI=1S/6C14H26.2C14H20.2C14H14/c10*1-11-3-7-13(8-4-11)14-9-5-12(2)6-10-14/h6*11-14H,3-10H2,1-2H3;2*3-4,7-8,12,14H,5-6,9-10H2,1-2H3;2*3-10H,1-2H3. The van der Waals surface area contributed by atoms with E-state index >= 15 is 0 Å². The molecular formula is C140H224. The molecule has 0 spiro atoms. The maximum Gasteiger partial charge on any atom is -0.0162 e. The predicted molar refractivity (Wildman–Crippen MR) is 619 cm³/mol. The van der Waals surface area contributed by atoms with Crippen molar-refractivity contribution in [3.8, 4) is 22.3 Å². The average molecular weight is 1910 g/mol. The Morgan fingerprint density at radius 3 is 0.293 bits per heavy atom. The topological polar surface area (TPSA) is 0 Å². The van der Waals surface area contributed by atoms with Crippen LogP contribution < -0.4 is 0 Å². The molecule has 6 aromatic carbocycles. The second-order valence-electron chi connectivity index (χ2n) is 53.4. The summed E-state index contributed by atoms with van der Waals surface area (Å²) in [6, 6.07) is 52.8. The smallest absolute Gasteiger partial charge is 0.0162 e. The zero-order valence-electron chi connectivity index (χ0n) is 95.6. The Hall–Kier alpha value is -4.68. The molecule has 14 fully saturated rings. The van der Waals surface area contributed by atoms with Crippen LogP contribution in [-0.4, -0.2) is 0 Å². The normalized spacial score (nSPS) is 34.5. The minimum Gasteiger partial charge on any atom is -0.0625 e. The van der Waals surface area contributed by atoms with Crippen LogP contribution in [-0.2, 0) is 0 Å². The largest absolute Gasteiger partial charge is 0.0625 e. The van der Waals surface area contributed by atoms with Crippen LogP contribution in [0.3, 0.4) is 0 Å². The van der Waals surface area contributed by atoms with E-state index in [1.807, 2.05) is 0 Å². The fourth-order valence-electron chi connectivity index (χ4n) is 28.9. The van der Waals surface area contributed by atoms with E-state index in [1.54, 1.807) is 165 Å². The molecule has 0 heteroatoms. The lowest BCUT2D eigenvalue weighted by atomic mass is 9.70. The summed E-state index contributed by atoms with van der Waals surface area (Å²) in [4.78, 5) is 0. The maximum atomic E-state index is 2.43. The zero-order valence-corrected chi connectivity index (χ0v) is 95.6. The first kappa shape index (κ1) is 116. The molecule has 14 saturated carbocycles. The molecule has 6 aromatic rings. The minimum absolute atomic E-state index is 0.840. The fraction of sp³-hybridized carbons (Fsp3) is 0.743. The lowest BCUT2D eigenvalue weighted by molar-refractivity contribution is 0.155. The van der Waals surface area contributed by atoms with Gasteiger partial charge >= 0.3 is 0 Å². The third-order valence-electron chi connectivity index (χ3n) is 40.7. The fourth-order valence-corrected chi connectivity index (χ4v) is 28.9. The summed E-state index contributed by atoms with van der Waals surface area (Å²) in [5, 5.41) is 0. The molecule has 0 amide bonds. The molecule has 0 heterocycles. The van der Waals surface area contributed by atoms with Crippen molar-refractivity contribution in [1.82, 2.24) is 0 Å². The lowest BCUT2D eigenvalue weighted by Gasteiger charge is -2.36. The van der Waals surface area contributed by atoms with Gasteiger partial charge in [-0.1, -0.05) is 456 Å². The van der Waals surface area contributed by atoms with E-state index in [0.29, 0.717) is 0 Å². The van der Waals surface area contributed by atoms with Gasteiger partial charge in [-0.2, -0.15) is 0 Å². The van der Waals surface area contributed by atoms with Crippen LogP contribution in [0.2, 0.25) is 0 Å². The van der Waals surface area contributed by atoms with E-state index in [0.717, 1.165) is 166 Å². The molecule has 0 radical (unpaired) electrons. The zero-order chi connectivity index (χ0) is 99.7. The first-order valence-corrected chi connectivity index (χ1v) is 62.0. The van der Waals surface area contributed by atoms with Crippen molar-refractivity contribution in [2.24, 2.45) is 154 Å². The summed E-state index contributed by atoms with van der Waals surface area (Å²) in [7, 11) is 0. The minimum atomic E-state index is 0.840. The molecule has 0 atom stereocenters. The SMILES string of the molecule is CC1CCC(C2CCC(C)CC2)CC1.CC1CCC(C2CCC(C)CC2)CC1.CC1CCC(C2CCC(C)CC2)CC1.CC1CCC(C2CCC(C)CC2)CC1.CC1CCC(C2CCC(C)CC2)CC1.CC1CCC(C2CCC(C)CC2)CC1.Cc1ccc(-c2ccc(C)cc2)cc1.Cc1ccc(-c2ccc(C)cc2)cc1.Cc1ccc(C2CCC(C)CC2)cc1.Cc1ccc(C2CCC(C)CC2)cc1. The first-order valence-electron chi connectivity index (χ1n) is 62.0. The average Bonchev–Trinajstić information content (AvgIpc) is 0.910. The molecule has 14 aliphatic rings. The Morgan fingerprint density at radius 2 is 0.193 bits per heavy atom. The molecule has 20 rings (SSSR count). The Balaban J connectivity index is 0.000000149. The van der Waals surface area contributed by atoms with Crippen molar-refractivity contribution in [3.05, 3.63) is 190 Å². The van der Waals surface area contributed by atoms with E-state index in [2.05, 4.69) is 284 Å². The Labute approximate surface area is 870 Å². The Kier molecular flexibility index (Phi) is 51.7. The van der Waals surface area contributed by atoms with Crippen LogP contribution in [0.1, 0.15) is 513 Å². The highest BCUT2D eigenvalue weighted by atomic mass is 14.4. The van der Waals surface area contributed by atoms with Gasteiger partial charge in [0.05, 0.1) is 0 Å². The predicted octanol–water partition coefficient (Wildman–Crippen LogP) is 44.4. The second-order valence-corrected chi connectivity index (χ2v) is 53.4. The lowest BCUT2D eigenvalue weighted by Crippen LogP contribution is -2.24. The van der Waals surface area contributed by atoms with Gasteiger partial charge < -0.3 is 0 Å². The van der Waals surface area contributed by atoms with Gasteiger partial charge in [0.1, 0.15) is 0 Å². The highest BCUT2D eigenvalue weighted by Crippen LogP contribution is 2.49. The van der Waals surface area contributed by atoms with Crippen molar-refractivity contribution < 1.29 is 0 Å². The number of hydrogen-bond donors (Lipinski definition) is 0. The first-order chi connectivity index (χ1) is 67.5. The van der Waals surface area contributed by atoms with E-state index in [1.165, 1.54) is 261 Å². The summed E-state index contributed by atoms with van der Waals surface area (Å²) in [6.07, 6.45) is 84.5. The van der Waals surface area contributed by atoms with E-state index in [4.69, 9.17) is 0 Å². The molecule has 0 nitrogen and oxygen atoms in total. The van der Waals surface area contributed by atoms with Crippen molar-refractivity contribution in [2.75, 3.05) is 0 Å². The summed E-state index contributed by atoms with van der Waals surface area (Å²) in [5.41, 5.74) is 16.2. The van der Waals surface area contributed by atoms with Crippen molar-refractivity contribution in [3.63, 3.8) is 0 Å².